The Labute approximate surface area is 132 Å². The summed E-state index contributed by atoms with van der Waals surface area (Å²) in [4.78, 5) is 16.9. The molecule has 0 bridgehead atoms. The Hall–Kier alpha value is -2.66. The Morgan fingerprint density at radius 2 is 2.05 bits per heavy atom. The maximum Gasteiger partial charge on any atom is 0.363 e. The molecule has 0 aliphatic carbocycles. The van der Waals surface area contributed by atoms with Crippen molar-refractivity contribution >= 4 is 35.4 Å². The van der Waals surface area contributed by atoms with Gasteiger partial charge in [-0.15, -0.1) is 11.3 Å². The molecule has 0 amide bonds. The number of carbonyl (C=O) groups excluding carboxylic acids is 1. The van der Waals surface area contributed by atoms with Gasteiger partial charge in [0.05, 0.1) is 7.11 Å². The van der Waals surface area contributed by atoms with Gasteiger partial charge in [-0.3, -0.25) is 0 Å². The second kappa shape index (κ2) is 6.41. The number of nitrogens with zero attached hydrogens (tertiary/aromatic N) is 1. The number of thiophene rings is 1. The molecule has 1 aliphatic rings. The second-order valence-electron chi connectivity index (χ2n) is 4.46. The second-order valence-corrected chi connectivity index (χ2v) is 5.44. The molecule has 0 saturated carbocycles. The molecule has 0 spiro atoms. The molecule has 0 fully saturated rings. The van der Waals surface area contributed by atoms with E-state index in [9.17, 15) is 4.79 Å². The molecule has 0 radical (unpaired) electrons. The van der Waals surface area contributed by atoms with Crippen LogP contribution in [0.15, 0.2) is 58.5 Å². The van der Waals surface area contributed by atoms with Crippen LogP contribution in [0.4, 0.5) is 0 Å². The molecule has 0 unspecified atom stereocenters. The van der Waals surface area contributed by atoms with Crippen molar-refractivity contribution in [2.75, 3.05) is 7.11 Å². The lowest BCUT2D eigenvalue weighted by Crippen LogP contribution is -2.01. The summed E-state index contributed by atoms with van der Waals surface area (Å²) >= 11 is 1.54. The fourth-order valence-corrected chi connectivity index (χ4v) is 2.62. The maximum absolute atomic E-state index is 11.8. The molecule has 4 nitrogen and oxygen atoms in total. The first-order chi connectivity index (χ1) is 10.8. The number of aliphatic imine (C=N–C) groups is 1. The Kier molecular flexibility index (Phi) is 4.16. The molecule has 5 heteroatoms. The first-order valence-corrected chi connectivity index (χ1v) is 7.51. The van der Waals surface area contributed by atoms with Crippen LogP contribution in [-0.4, -0.2) is 19.0 Å². The summed E-state index contributed by atoms with van der Waals surface area (Å²) in [6.07, 6.45) is 5.18. The Bertz CT molecular complexity index is 773. The van der Waals surface area contributed by atoms with Crippen molar-refractivity contribution in [2.24, 2.45) is 4.99 Å². The molecule has 1 aliphatic heterocycles. The zero-order valence-corrected chi connectivity index (χ0v) is 12.7. The van der Waals surface area contributed by atoms with Crippen LogP contribution < -0.4 is 4.74 Å². The van der Waals surface area contributed by atoms with Crippen molar-refractivity contribution in [2.45, 2.75) is 0 Å². The average Bonchev–Trinajstić information content (AvgIpc) is 3.16. The van der Waals surface area contributed by atoms with Crippen LogP contribution in [0.25, 0.3) is 12.2 Å². The smallest absolute Gasteiger partial charge is 0.363 e. The van der Waals surface area contributed by atoms with Crippen molar-refractivity contribution in [3.05, 3.63) is 64.0 Å². The minimum atomic E-state index is -0.437. The van der Waals surface area contributed by atoms with E-state index in [4.69, 9.17) is 9.47 Å². The van der Waals surface area contributed by atoms with Gasteiger partial charge in [-0.1, -0.05) is 24.3 Å². The molecule has 0 saturated heterocycles. The van der Waals surface area contributed by atoms with Crippen molar-refractivity contribution in [3.63, 3.8) is 0 Å². The van der Waals surface area contributed by atoms with Crippen molar-refractivity contribution in [1.29, 1.82) is 0 Å². The molecule has 0 atom stereocenters. The highest BCUT2D eigenvalue weighted by atomic mass is 32.1. The van der Waals surface area contributed by atoms with Gasteiger partial charge in [0.1, 0.15) is 5.75 Å². The third-order valence-electron chi connectivity index (χ3n) is 3.00. The van der Waals surface area contributed by atoms with Gasteiger partial charge in [0, 0.05) is 16.5 Å². The van der Waals surface area contributed by atoms with Crippen LogP contribution in [0.3, 0.4) is 0 Å². The van der Waals surface area contributed by atoms with Gasteiger partial charge < -0.3 is 9.47 Å². The molecular weight excluding hydrogens is 298 g/mol. The largest absolute Gasteiger partial charge is 0.496 e. The van der Waals surface area contributed by atoms with Gasteiger partial charge >= 0.3 is 5.97 Å². The highest BCUT2D eigenvalue weighted by Gasteiger charge is 2.21. The standard InChI is InChI=1S/C17H13NO3S/c1-20-15-7-3-2-5-12(15)8-9-16-18-14(17(19)21-16)11-13-6-4-10-22-13/h2-11H,1H3. The monoisotopic (exact) mass is 311 g/mol. The van der Waals surface area contributed by atoms with Crippen LogP contribution in [0.5, 0.6) is 5.75 Å². The summed E-state index contributed by atoms with van der Waals surface area (Å²) in [6, 6.07) is 11.4. The van der Waals surface area contributed by atoms with E-state index >= 15 is 0 Å². The van der Waals surface area contributed by atoms with Gasteiger partial charge in [-0.25, -0.2) is 9.79 Å². The maximum atomic E-state index is 11.8. The average molecular weight is 311 g/mol. The lowest BCUT2D eigenvalue weighted by atomic mass is 10.2. The number of esters is 1. The van der Waals surface area contributed by atoms with Gasteiger partial charge in [-0.2, -0.15) is 0 Å². The lowest BCUT2D eigenvalue weighted by molar-refractivity contribution is -0.129. The number of benzene rings is 1. The SMILES string of the molecule is COc1ccccc1C=CC1=NC(=Cc2cccs2)C(=O)O1. The minimum Gasteiger partial charge on any atom is -0.496 e. The number of carbonyl (C=O) groups is 1. The van der Waals surface area contributed by atoms with Gasteiger partial charge in [0.25, 0.3) is 0 Å². The number of cyclic esters (lactones) is 1. The molecular formula is C17H13NO3S. The lowest BCUT2D eigenvalue weighted by Gasteiger charge is -2.02. The number of rotatable bonds is 4. The first kappa shape index (κ1) is 14.3. The predicted octanol–water partition coefficient (Wildman–Crippen LogP) is 3.77. The van der Waals surface area contributed by atoms with Crippen LogP contribution in [-0.2, 0) is 9.53 Å². The Balaban J connectivity index is 1.81. The highest BCUT2D eigenvalue weighted by Crippen LogP contribution is 2.21. The quantitative estimate of drug-likeness (QED) is 0.638. The zero-order valence-electron chi connectivity index (χ0n) is 11.9. The van der Waals surface area contributed by atoms with E-state index < -0.39 is 5.97 Å². The number of hydrogen-bond donors (Lipinski definition) is 0. The fraction of sp³-hybridized carbons (Fsp3) is 0.0588. The van der Waals surface area contributed by atoms with E-state index in [1.807, 2.05) is 41.8 Å². The van der Waals surface area contributed by atoms with E-state index in [0.29, 0.717) is 5.70 Å². The fourth-order valence-electron chi connectivity index (χ4n) is 1.97. The van der Waals surface area contributed by atoms with Gasteiger partial charge in [0.2, 0.25) is 5.90 Å². The molecule has 22 heavy (non-hydrogen) atoms. The molecule has 1 aromatic heterocycles. The minimum absolute atomic E-state index is 0.277. The molecule has 0 N–H and O–H groups in total. The summed E-state index contributed by atoms with van der Waals surface area (Å²) in [5, 5.41) is 1.94. The summed E-state index contributed by atoms with van der Waals surface area (Å²) < 4.78 is 10.4. The van der Waals surface area contributed by atoms with E-state index in [0.717, 1.165) is 16.2 Å². The van der Waals surface area contributed by atoms with Crippen LogP contribution >= 0.6 is 11.3 Å². The zero-order chi connectivity index (χ0) is 15.4. The Morgan fingerprint density at radius 3 is 2.82 bits per heavy atom. The molecule has 110 valence electrons. The van der Waals surface area contributed by atoms with Crippen LogP contribution in [0, 0.1) is 0 Å². The van der Waals surface area contributed by atoms with Crippen molar-refractivity contribution < 1.29 is 14.3 Å². The third-order valence-corrected chi connectivity index (χ3v) is 3.82. The summed E-state index contributed by atoms with van der Waals surface area (Å²) in [6.45, 7) is 0. The molecule has 1 aromatic carbocycles. The van der Waals surface area contributed by atoms with Gasteiger partial charge in [-0.05, 0) is 29.7 Å². The van der Waals surface area contributed by atoms with E-state index in [1.54, 1.807) is 36.7 Å². The van der Waals surface area contributed by atoms with E-state index in [1.165, 1.54) is 0 Å². The summed E-state index contributed by atoms with van der Waals surface area (Å²) in [5.74, 6) is 0.588. The number of ether oxygens (including phenoxy) is 2. The molecule has 2 aromatic rings. The summed E-state index contributed by atoms with van der Waals surface area (Å²) in [5.41, 5.74) is 1.20. The Morgan fingerprint density at radius 1 is 1.18 bits per heavy atom. The van der Waals surface area contributed by atoms with Gasteiger partial charge in [0.15, 0.2) is 5.70 Å². The summed E-state index contributed by atoms with van der Waals surface area (Å²) in [7, 11) is 1.61. The van der Waals surface area contributed by atoms with Crippen LogP contribution in [0.1, 0.15) is 10.4 Å². The highest BCUT2D eigenvalue weighted by molar-refractivity contribution is 7.10. The van der Waals surface area contributed by atoms with Crippen molar-refractivity contribution in [1.82, 2.24) is 0 Å². The molecule has 3 rings (SSSR count). The third kappa shape index (κ3) is 3.15. The predicted molar refractivity (Wildman–Crippen MR) is 87.9 cm³/mol. The normalized spacial score (nSPS) is 16.1. The topological polar surface area (TPSA) is 47.9 Å². The van der Waals surface area contributed by atoms with Crippen molar-refractivity contribution in [3.8, 4) is 5.75 Å². The molecule has 2 heterocycles. The van der Waals surface area contributed by atoms with Crippen LogP contribution in [0.2, 0.25) is 0 Å². The van der Waals surface area contributed by atoms with E-state index in [-0.39, 0.29) is 5.90 Å². The van der Waals surface area contributed by atoms with E-state index in [2.05, 4.69) is 4.99 Å². The number of hydrogen-bond acceptors (Lipinski definition) is 5. The first-order valence-electron chi connectivity index (χ1n) is 6.63. The number of para-hydroxylation sites is 1. The number of methoxy groups -OCH3 is 1.